The molecule has 0 aliphatic carbocycles. The maximum absolute atomic E-state index is 12.5. The number of carbonyl (C=O) groups excluding carboxylic acids is 1. The summed E-state index contributed by atoms with van der Waals surface area (Å²) < 4.78 is 5.55. The standard InChI is InChI=1S/C19H24N2O2/c1-19(2,3)23-18(22)16-11-13-21(17(16)10-7-12-20)14-15-8-5-4-6-9-15/h4-10,16-17H,11,13-14H2,1-3H3/b10-7+/t16-,17+/m1/s1. The summed E-state index contributed by atoms with van der Waals surface area (Å²) in [6.45, 7) is 7.21. The number of nitrogens with zero attached hydrogens (tertiary/aromatic N) is 2. The Balaban J connectivity index is 2.13. The van der Waals surface area contributed by atoms with Gasteiger partial charge in [0.15, 0.2) is 0 Å². The normalized spacial score (nSPS) is 22.2. The molecule has 0 unspecified atom stereocenters. The van der Waals surface area contributed by atoms with Crippen molar-refractivity contribution in [2.45, 2.75) is 45.4 Å². The maximum atomic E-state index is 12.5. The fourth-order valence-electron chi connectivity index (χ4n) is 2.91. The second kappa shape index (κ2) is 7.43. The van der Waals surface area contributed by atoms with E-state index < -0.39 is 5.60 Å². The van der Waals surface area contributed by atoms with Gasteiger partial charge in [-0.1, -0.05) is 36.4 Å². The molecule has 0 spiro atoms. The third-order valence-electron chi connectivity index (χ3n) is 3.87. The van der Waals surface area contributed by atoms with Crippen molar-refractivity contribution in [1.82, 2.24) is 4.90 Å². The molecule has 1 aromatic carbocycles. The topological polar surface area (TPSA) is 53.3 Å². The summed E-state index contributed by atoms with van der Waals surface area (Å²) in [7, 11) is 0. The third kappa shape index (κ3) is 4.94. The number of ether oxygens (including phenoxy) is 1. The van der Waals surface area contributed by atoms with E-state index in [1.54, 1.807) is 0 Å². The van der Waals surface area contributed by atoms with Gasteiger partial charge in [0.1, 0.15) is 5.60 Å². The minimum absolute atomic E-state index is 0.0929. The molecule has 23 heavy (non-hydrogen) atoms. The molecule has 2 atom stereocenters. The first-order valence-electron chi connectivity index (χ1n) is 7.98. The van der Waals surface area contributed by atoms with E-state index >= 15 is 0 Å². The Morgan fingerprint density at radius 1 is 1.39 bits per heavy atom. The summed E-state index contributed by atoms with van der Waals surface area (Å²) in [5.41, 5.74) is 0.709. The van der Waals surface area contributed by atoms with Crippen molar-refractivity contribution < 1.29 is 9.53 Å². The van der Waals surface area contributed by atoms with Gasteiger partial charge in [0.2, 0.25) is 0 Å². The Hall–Kier alpha value is -2.12. The van der Waals surface area contributed by atoms with Crippen molar-refractivity contribution in [1.29, 1.82) is 5.26 Å². The third-order valence-corrected chi connectivity index (χ3v) is 3.87. The van der Waals surface area contributed by atoms with Crippen LogP contribution in [0.15, 0.2) is 42.5 Å². The molecule has 0 bridgehead atoms. The number of carbonyl (C=O) groups is 1. The summed E-state index contributed by atoms with van der Waals surface area (Å²) in [4.78, 5) is 14.7. The second-order valence-corrected chi connectivity index (χ2v) is 6.86. The van der Waals surface area contributed by atoms with Crippen molar-refractivity contribution in [2.24, 2.45) is 5.92 Å². The van der Waals surface area contributed by atoms with Crippen molar-refractivity contribution in [3.8, 4) is 6.07 Å². The Morgan fingerprint density at radius 3 is 2.70 bits per heavy atom. The summed E-state index contributed by atoms with van der Waals surface area (Å²) in [6, 6.07) is 12.1. The molecule has 1 aliphatic rings. The van der Waals surface area contributed by atoms with Gasteiger partial charge >= 0.3 is 5.97 Å². The molecule has 0 radical (unpaired) electrons. The lowest BCUT2D eigenvalue weighted by Gasteiger charge is -2.27. The number of hydrogen-bond donors (Lipinski definition) is 0. The van der Waals surface area contributed by atoms with E-state index in [1.165, 1.54) is 11.6 Å². The summed E-state index contributed by atoms with van der Waals surface area (Å²) in [6.07, 6.45) is 4.04. The minimum atomic E-state index is -0.493. The number of hydrogen-bond acceptors (Lipinski definition) is 4. The van der Waals surface area contributed by atoms with Gasteiger partial charge in [0, 0.05) is 25.2 Å². The average Bonchev–Trinajstić information content (AvgIpc) is 2.87. The predicted octanol–water partition coefficient (Wildman–Crippen LogP) is 3.30. The zero-order valence-corrected chi connectivity index (χ0v) is 14.0. The van der Waals surface area contributed by atoms with Crippen LogP contribution in [0.3, 0.4) is 0 Å². The van der Waals surface area contributed by atoms with Crippen molar-refractivity contribution in [2.75, 3.05) is 6.54 Å². The summed E-state index contributed by atoms with van der Waals surface area (Å²) in [5.74, 6) is -0.400. The molecule has 122 valence electrons. The Kier molecular flexibility index (Phi) is 5.57. The van der Waals surface area contributed by atoms with Gasteiger partial charge in [-0.15, -0.1) is 0 Å². The summed E-state index contributed by atoms with van der Waals surface area (Å²) >= 11 is 0. The highest BCUT2D eigenvalue weighted by Crippen LogP contribution is 2.29. The molecule has 0 aromatic heterocycles. The van der Waals surface area contributed by atoms with E-state index in [4.69, 9.17) is 10.00 Å². The minimum Gasteiger partial charge on any atom is -0.460 e. The molecular weight excluding hydrogens is 288 g/mol. The molecule has 1 fully saturated rings. The monoisotopic (exact) mass is 312 g/mol. The molecule has 0 N–H and O–H groups in total. The highest BCUT2D eigenvalue weighted by molar-refractivity contribution is 5.74. The molecule has 0 amide bonds. The van der Waals surface area contributed by atoms with Crippen LogP contribution >= 0.6 is 0 Å². The van der Waals surface area contributed by atoms with E-state index in [1.807, 2.05) is 51.1 Å². The first-order chi connectivity index (χ1) is 10.9. The molecule has 1 aliphatic heterocycles. The van der Waals surface area contributed by atoms with Gasteiger partial charge in [-0.3, -0.25) is 9.69 Å². The van der Waals surface area contributed by atoms with E-state index in [-0.39, 0.29) is 17.9 Å². The average molecular weight is 312 g/mol. The zero-order chi connectivity index (χ0) is 16.9. The van der Waals surface area contributed by atoms with E-state index in [0.29, 0.717) is 0 Å². The first kappa shape index (κ1) is 17.2. The number of rotatable bonds is 4. The van der Waals surface area contributed by atoms with Crippen LogP contribution in [0.25, 0.3) is 0 Å². The van der Waals surface area contributed by atoms with E-state index in [0.717, 1.165) is 19.5 Å². The Morgan fingerprint density at radius 2 is 2.09 bits per heavy atom. The van der Waals surface area contributed by atoms with E-state index in [2.05, 4.69) is 17.0 Å². The molecule has 1 heterocycles. The SMILES string of the molecule is CC(C)(C)OC(=O)[C@@H]1CCN(Cc2ccccc2)[C@H]1/C=C/C#N. The molecular formula is C19H24N2O2. The predicted molar refractivity (Wildman–Crippen MR) is 89.3 cm³/mol. The fraction of sp³-hybridized carbons (Fsp3) is 0.474. The number of likely N-dealkylation sites (tertiary alicyclic amines) is 1. The number of esters is 1. The van der Waals surface area contributed by atoms with Gasteiger partial charge in [-0.05, 0) is 32.8 Å². The van der Waals surface area contributed by atoms with Crippen LogP contribution in [-0.2, 0) is 16.1 Å². The Labute approximate surface area is 138 Å². The maximum Gasteiger partial charge on any atom is 0.311 e. The van der Waals surface area contributed by atoms with Crippen molar-refractivity contribution in [3.05, 3.63) is 48.0 Å². The smallest absolute Gasteiger partial charge is 0.311 e. The van der Waals surface area contributed by atoms with Crippen LogP contribution in [0.4, 0.5) is 0 Å². The number of benzene rings is 1. The van der Waals surface area contributed by atoms with Gasteiger partial charge in [0.05, 0.1) is 12.0 Å². The summed E-state index contributed by atoms with van der Waals surface area (Å²) in [5, 5.41) is 8.84. The van der Waals surface area contributed by atoms with Crippen LogP contribution in [-0.4, -0.2) is 29.1 Å². The first-order valence-corrected chi connectivity index (χ1v) is 7.98. The van der Waals surface area contributed by atoms with Gasteiger partial charge in [-0.2, -0.15) is 5.26 Å². The molecule has 1 aromatic rings. The molecule has 4 heteroatoms. The second-order valence-electron chi connectivity index (χ2n) is 6.86. The highest BCUT2D eigenvalue weighted by Gasteiger charge is 2.39. The fourth-order valence-corrected chi connectivity index (χ4v) is 2.91. The van der Waals surface area contributed by atoms with Gasteiger partial charge in [-0.25, -0.2) is 0 Å². The zero-order valence-electron chi connectivity index (χ0n) is 14.0. The van der Waals surface area contributed by atoms with Crippen LogP contribution in [0.5, 0.6) is 0 Å². The lowest BCUT2D eigenvalue weighted by Crippen LogP contribution is -2.37. The quantitative estimate of drug-likeness (QED) is 0.632. The van der Waals surface area contributed by atoms with E-state index in [9.17, 15) is 4.79 Å². The van der Waals surface area contributed by atoms with Crippen LogP contribution < -0.4 is 0 Å². The lowest BCUT2D eigenvalue weighted by molar-refractivity contribution is -0.160. The van der Waals surface area contributed by atoms with Crippen LogP contribution in [0.1, 0.15) is 32.8 Å². The molecule has 1 saturated heterocycles. The molecule has 0 saturated carbocycles. The molecule has 2 rings (SSSR count). The highest BCUT2D eigenvalue weighted by atomic mass is 16.6. The van der Waals surface area contributed by atoms with Gasteiger partial charge in [0.25, 0.3) is 0 Å². The van der Waals surface area contributed by atoms with Crippen molar-refractivity contribution in [3.63, 3.8) is 0 Å². The van der Waals surface area contributed by atoms with Crippen molar-refractivity contribution >= 4 is 5.97 Å². The van der Waals surface area contributed by atoms with Gasteiger partial charge < -0.3 is 4.74 Å². The lowest BCUT2D eigenvalue weighted by atomic mass is 9.99. The van der Waals surface area contributed by atoms with Crippen LogP contribution in [0.2, 0.25) is 0 Å². The molecule has 4 nitrogen and oxygen atoms in total. The largest absolute Gasteiger partial charge is 0.460 e. The van der Waals surface area contributed by atoms with Crippen LogP contribution in [0, 0.1) is 17.2 Å². The Bertz CT molecular complexity index is 596. The number of allylic oxidation sites excluding steroid dienone is 1. The number of nitriles is 1.